The standard InChI is InChI=1S/C19H27N3O4/c1-13(2)17(23)20-11-15-4-3-9-22(12-15)19(26)21-10-14-5-7-16(8-6-14)18(24)25/h5-8,13,15H,3-4,9-12H2,1-2H3,(H,20,23)(H,21,26)(H,24,25). The molecular formula is C19H27N3O4. The van der Waals surface area contributed by atoms with Gasteiger partial charge in [0.25, 0.3) is 0 Å². The molecule has 0 radical (unpaired) electrons. The Bertz CT molecular complexity index is 643. The normalized spacial score (nSPS) is 17.0. The van der Waals surface area contributed by atoms with Crippen molar-refractivity contribution in [3.05, 3.63) is 35.4 Å². The Kier molecular flexibility index (Phi) is 7.00. The SMILES string of the molecule is CC(C)C(=O)NCC1CCCN(C(=O)NCc2ccc(C(=O)O)cc2)C1. The van der Waals surface area contributed by atoms with Gasteiger partial charge in [0.15, 0.2) is 0 Å². The second-order valence-corrected chi connectivity index (χ2v) is 7.01. The van der Waals surface area contributed by atoms with E-state index in [4.69, 9.17) is 5.11 Å². The zero-order valence-electron chi connectivity index (χ0n) is 15.3. The maximum absolute atomic E-state index is 12.4. The van der Waals surface area contributed by atoms with E-state index in [0.717, 1.165) is 18.4 Å². The van der Waals surface area contributed by atoms with E-state index in [1.807, 2.05) is 13.8 Å². The molecule has 3 N–H and O–H groups in total. The summed E-state index contributed by atoms with van der Waals surface area (Å²) in [5.41, 5.74) is 1.07. The molecule has 1 aromatic rings. The van der Waals surface area contributed by atoms with Gasteiger partial charge in [0.1, 0.15) is 0 Å². The number of carboxylic acid groups (broad SMARTS) is 1. The molecule has 1 unspecified atom stereocenters. The van der Waals surface area contributed by atoms with Crippen LogP contribution in [-0.4, -0.2) is 47.5 Å². The second-order valence-electron chi connectivity index (χ2n) is 7.01. The highest BCUT2D eigenvalue weighted by atomic mass is 16.4. The first-order chi connectivity index (χ1) is 12.4. The molecule has 7 heteroatoms. The molecule has 1 aromatic carbocycles. The fourth-order valence-electron chi connectivity index (χ4n) is 2.92. The number of carboxylic acids is 1. The van der Waals surface area contributed by atoms with Crippen LogP contribution in [0.25, 0.3) is 0 Å². The molecule has 0 aliphatic carbocycles. The van der Waals surface area contributed by atoms with Gasteiger partial charge in [-0.3, -0.25) is 4.79 Å². The van der Waals surface area contributed by atoms with Crippen LogP contribution in [0.2, 0.25) is 0 Å². The lowest BCUT2D eigenvalue weighted by atomic mass is 9.98. The van der Waals surface area contributed by atoms with E-state index in [1.54, 1.807) is 17.0 Å². The van der Waals surface area contributed by atoms with Crippen molar-refractivity contribution in [2.45, 2.75) is 33.2 Å². The van der Waals surface area contributed by atoms with Crippen LogP contribution < -0.4 is 10.6 Å². The largest absolute Gasteiger partial charge is 0.478 e. The van der Waals surface area contributed by atoms with Crippen LogP contribution in [0, 0.1) is 11.8 Å². The van der Waals surface area contributed by atoms with Gasteiger partial charge in [0.2, 0.25) is 5.91 Å². The first-order valence-corrected chi connectivity index (χ1v) is 8.99. The quantitative estimate of drug-likeness (QED) is 0.722. The summed E-state index contributed by atoms with van der Waals surface area (Å²) in [4.78, 5) is 36.7. The molecule has 7 nitrogen and oxygen atoms in total. The summed E-state index contributed by atoms with van der Waals surface area (Å²) in [5, 5.41) is 14.7. The van der Waals surface area contributed by atoms with Gasteiger partial charge in [0.05, 0.1) is 5.56 Å². The highest BCUT2D eigenvalue weighted by Gasteiger charge is 2.24. The number of hydrogen-bond acceptors (Lipinski definition) is 3. The lowest BCUT2D eigenvalue weighted by Gasteiger charge is -2.33. The van der Waals surface area contributed by atoms with Gasteiger partial charge >= 0.3 is 12.0 Å². The second kappa shape index (κ2) is 9.22. The minimum Gasteiger partial charge on any atom is -0.478 e. The number of amides is 3. The molecule has 1 aliphatic heterocycles. The maximum atomic E-state index is 12.4. The van der Waals surface area contributed by atoms with E-state index in [-0.39, 0.29) is 29.3 Å². The van der Waals surface area contributed by atoms with Crippen molar-refractivity contribution in [3.63, 3.8) is 0 Å². The fourth-order valence-corrected chi connectivity index (χ4v) is 2.92. The first-order valence-electron chi connectivity index (χ1n) is 8.99. The number of carbonyl (C=O) groups is 3. The van der Waals surface area contributed by atoms with Gasteiger partial charge in [-0.05, 0) is 36.5 Å². The summed E-state index contributed by atoms with van der Waals surface area (Å²) in [6, 6.07) is 6.32. The van der Waals surface area contributed by atoms with Crippen LogP contribution >= 0.6 is 0 Å². The van der Waals surface area contributed by atoms with Gasteiger partial charge in [-0.2, -0.15) is 0 Å². The molecule has 3 amide bonds. The Hall–Kier alpha value is -2.57. The summed E-state index contributed by atoms with van der Waals surface area (Å²) in [5.74, 6) is -0.696. The monoisotopic (exact) mass is 361 g/mol. The number of likely N-dealkylation sites (tertiary alicyclic amines) is 1. The van der Waals surface area contributed by atoms with Crippen LogP contribution in [-0.2, 0) is 11.3 Å². The number of piperidine rings is 1. The van der Waals surface area contributed by atoms with Gasteiger partial charge in [-0.25, -0.2) is 9.59 Å². The molecule has 0 aromatic heterocycles. The highest BCUT2D eigenvalue weighted by molar-refractivity contribution is 5.87. The summed E-state index contributed by atoms with van der Waals surface area (Å²) in [6.45, 7) is 6.00. The third-order valence-electron chi connectivity index (χ3n) is 4.54. The number of carbonyl (C=O) groups excluding carboxylic acids is 2. The Morgan fingerprint density at radius 1 is 1.19 bits per heavy atom. The summed E-state index contributed by atoms with van der Waals surface area (Å²) in [6.07, 6.45) is 1.92. The number of hydrogen-bond donors (Lipinski definition) is 3. The third-order valence-corrected chi connectivity index (χ3v) is 4.54. The molecule has 26 heavy (non-hydrogen) atoms. The minimum absolute atomic E-state index is 0.0366. The molecule has 1 aliphatic rings. The molecular weight excluding hydrogens is 334 g/mol. The third kappa shape index (κ3) is 5.75. The molecule has 2 rings (SSSR count). The van der Waals surface area contributed by atoms with Crippen molar-refractivity contribution < 1.29 is 19.5 Å². The zero-order valence-corrected chi connectivity index (χ0v) is 15.3. The summed E-state index contributed by atoms with van der Waals surface area (Å²) in [7, 11) is 0. The van der Waals surface area contributed by atoms with E-state index >= 15 is 0 Å². The smallest absolute Gasteiger partial charge is 0.335 e. The van der Waals surface area contributed by atoms with Crippen molar-refractivity contribution in [3.8, 4) is 0 Å². The van der Waals surface area contributed by atoms with Crippen LogP contribution in [0.5, 0.6) is 0 Å². The predicted molar refractivity (Wildman–Crippen MR) is 97.8 cm³/mol. The number of urea groups is 1. The molecule has 0 spiro atoms. The van der Waals surface area contributed by atoms with Crippen molar-refractivity contribution >= 4 is 17.9 Å². The Morgan fingerprint density at radius 2 is 1.88 bits per heavy atom. The van der Waals surface area contributed by atoms with Crippen LogP contribution in [0.1, 0.15) is 42.6 Å². The Morgan fingerprint density at radius 3 is 2.50 bits per heavy atom. The van der Waals surface area contributed by atoms with E-state index in [9.17, 15) is 14.4 Å². The topological polar surface area (TPSA) is 98.7 Å². The first kappa shape index (κ1) is 19.8. The van der Waals surface area contributed by atoms with Crippen molar-refractivity contribution in [2.24, 2.45) is 11.8 Å². The number of benzene rings is 1. The van der Waals surface area contributed by atoms with E-state index in [1.165, 1.54) is 12.1 Å². The van der Waals surface area contributed by atoms with Crippen LogP contribution in [0.4, 0.5) is 4.79 Å². The van der Waals surface area contributed by atoms with Gasteiger partial charge < -0.3 is 20.6 Å². The number of nitrogens with one attached hydrogen (secondary N) is 2. The fraction of sp³-hybridized carbons (Fsp3) is 0.526. The summed E-state index contributed by atoms with van der Waals surface area (Å²) < 4.78 is 0. The number of aromatic carboxylic acids is 1. The minimum atomic E-state index is -0.968. The van der Waals surface area contributed by atoms with Gasteiger partial charge in [-0.15, -0.1) is 0 Å². The van der Waals surface area contributed by atoms with E-state index < -0.39 is 5.97 Å². The molecule has 142 valence electrons. The molecule has 1 atom stereocenters. The lowest BCUT2D eigenvalue weighted by molar-refractivity contribution is -0.124. The summed E-state index contributed by atoms with van der Waals surface area (Å²) >= 11 is 0. The van der Waals surface area contributed by atoms with Crippen LogP contribution in [0.15, 0.2) is 24.3 Å². The molecule has 0 saturated carbocycles. The highest BCUT2D eigenvalue weighted by Crippen LogP contribution is 2.16. The predicted octanol–water partition coefficient (Wildman–Crippen LogP) is 2.08. The molecule has 1 fully saturated rings. The zero-order chi connectivity index (χ0) is 19.1. The van der Waals surface area contributed by atoms with Crippen molar-refractivity contribution in [2.75, 3.05) is 19.6 Å². The number of rotatable bonds is 6. The van der Waals surface area contributed by atoms with Gasteiger partial charge in [-0.1, -0.05) is 26.0 Å². The molecule has 0 bridgehead atoms. The van der Waals surface area contributed by atoms with Crippen LogP contribution in [0.3, 0.4) is 0 Å². The van der Waals surface area contributed by atoms with Crippen molar-refractivity contribution in [1.82, 2.24) is 15.5 Å². The molecule has 1 saturated heterocycles. The average Bonchev–Trinajstić information content (AvgIpc) is 2.64. The maximum Gasteiger partial charge on any atom is 0.335 e. The van der Waals surface area contributed by atoms with Crippen molar-refractivity contribution in [1.29, 1.82) is 0 Å². The van der Waals surface area contributed by atoms with E-state index in [2.05, 4.69) is 10.6 Å². The van der Waals surface area contributed by atoms with E-state index in [0.29, 0.717) is 26.2 Å². The average molecular weight is 361 g/mol. The Balaban J connectivity index is 1.79. The Labute approximate surface area is 153 Å². The van der Waals surface area contributed by atoms with Gasteiger partial charge in [0, 0.05) is 32.1 Å². The lowest BCUT2D eigenvalue weighted by Crippen LogP contribution is -2.47. The molecule has 1 heterocycles. The number of nitrogens with zero attached hydrogens (tertiary/aromatic N) is 1.